The van der Waals surface area contributed by atoms with E-state index in [-0.39, 0.29) is 5.41 Å². The molecule has 8 aromatic carbocycles. The summed E-state index contributed by atoms with van der Waals surface area (Å²) in [6.07, 6.45) is 9.32. The molecule has 9 aromatic rings. The molecule has 1 aromatic heterocycles. The van der Waals surface area contributed by atoms with Crippen molar-refractivity contribution in [2.45, 2.75) is 39.5 Å². The van der Waals surface area contributed by atoms with Gasteiger partial charge in [0.15, 0.2) is 0 Å². The second kappa shape index (κ2) is 14.3. The number of hydrogen-bond donors (Lipinski definition) is 0. The molecule has 1 aliphatic carbocycles. The van der Waals surface area contributed by atoms with Gasteiger partial charge in [-0.1, -0.05) is 186 Å². The van der Waals surface area contributed by atoms with Gasteiger partial charge in [0, 0.05) is 25.6 Å². The third-order valence-electron chi connectivity index (χ3n) is 12.8. The van der Waals surface area contributed by atoms with Gasteiger partial charge in [-0.25, -0.2) is 0 Å². The van der Waals surface area contributed by atoms with Gasteiger partial charge in [-0.15, -0.1) is 11.3 Å². The third-order valence-corrected chi connectivity index (χ3v) is 14.0. The molecule has 58 heavy (non-hydrogen) atoms. The molecule has 10 rings (SSSR count). The van der Waals surface area contributed by atoms with Crippen LogP contribution in [-0.2, 0) is 5.41 Å². The van der Waals surface area contributed by atoms with Crippen molar-refractivity contribution in [3.63, 3.8) is 0 Å². The summed E-state index contributed by atoms with van der Waals surface area (Å²) in [6.45, 7) is 13.3. The maximum Gasteiger partial charge on any atom is 0.0433 e. The molecule has 0 N–H and O–H groups in total. The van der Waals surface area contributed by atoms with E-state index >= 15 is 0 Å². The lowest BCUT2D eigenvalue weighted by Crippen LogP contribution is -2.14. The van der Waals surface area contributed by atoms with Crippen molar-refractivity contribution in [2.75, 3.05) is 0 Å². The molecule has 280 valence electrons. The molecule has 0 bridgehead atoms. The first kappa shape index (κ1) is 36.1. The Morgan fingerprint density at radius 1 is 0.569 bits per heavy atom. The number of allylic oxidation sites excluding steroid dienone is 5. The van der Waals surface area contributed by atoms with Gasteiger partial charge in [-0.2, -0.15) is 0 Å². The Morgan fingerprint density at radius 2 is 1.21 bits per heavy atom. The van der Waals surface area contributed by atoms with Crippen molar-refractivity contribution in [1.82, 2.24) is 0 Å². The Bertz CT molecular complexity index is 3140. The molecule has 0 saturated carbocycles. The van der Waals surface area contributed by atoms with Crippen molar-refractivity contribution in [1.29, 1.82) is 0 Å². The van der Waals surface area contributed by atoms with Crippen LogP contribution in [0.2, 0.25) is 0 Å². The van der Waals surface area contributed by atoms with Gasteiger partial charge in [0.2, 0.25) is 0 Å². The van der Waals surface area contributed by atoms with Gasteiger partial charge >= 0.3 is 0 Å². The average molecular weight is 763 g/mol. The molecule has 0 fully saturated rings. The van der Waals surface area contributed by atoms with E-state index in [1.165, 1.54) is 108 Å². The van der Waals surface area contributed by atoms with E-state index in [2.05, 4.69) is 198 Å². The lowest BCUT2D eigenvalue weighted by atomic mass is 9.79. The van der Waals surface area contributed by atoms with Crippen molar-refractivity contribution < 1.29 is 0 Å². The summed E-state index contributed by atoms with van der Waals surface area (Å²) in [5.41, 5.74) is 15.5. The minimum Gasteiger partial charge on any atom is -0.135 e. The Morgan fingerprint density at radius 3 is 1.98 bits per heavy atom. The molecule has 1 heteroatoms. The summed E-state index contributed by atoms with van der Waals surface area (Å²) >= 11 is 1.89. The monoisotopic (exact) mass is 762 g/mol. The SMILES string of the molecule is C=C/C=C\C=C(\c1cccc(-c2c3ccccc3c(-c3ccc(-c4cccc5c4sc4ccccc45)cc3)c3cc4c(cc23)C(C)(C)c2ccccc2-4)c1)[C@H](C)CC. The summed E-state index contributed by atoms with van der Waals surface area (Å²) in [6, 6.07) is 57.3. The van der Waals surface area contributed by atoms with Gasteiger partial charge < -0.3 is 0 Å². The van der Waals surface area contributed by atoms with E-state index in [4.69, 9.17) is 0 Å². The topological polar surface area (TPSA) is 0 Å². The standard InChI is InChI=1S/C57H46S/c1-6-8-9-20-41(36(3)7-2)39-18-16-19-40(33-39)55-46-24-11-10-23-45(46)54(49-34-48-43-21-12-14-27-51(43)57(4,5)52(48)35-50(49)55)38-31-29-37(30-32-38)42-25-17-26-47-44-22-13-15-28-53(44)58-56(42)47/h6,8-36H,1,7H2,2-5H3/b9-8-,41-20+/t36-/m1/s1. The fourth-order valence-corrected chi connectivity index (χ4v) is 10.9. The van der Waals surface area contributed by atoms with Crippen molar-refractivity contribution in [3.05, 3.63) is 199 Å². The fourth-order valence-electron chi connectivity index (χ4n) is 9.64. The molecule has 0 spiro atoms. The van der Waals surface area contributed by atoms with Gasteiger partial charge in [0.1, 0.15) is 0 Å². The number of thiophene rings is 1. The fraction of sp³-hybridized carbons (Fsp3) is 0.123. The highest BCUT2D eigenvalue weighted by Crippen LogP contribution is 2.53. The summed E-state index contributed by atoms with van der Waals surface area (Å²) in [5, 5.41) is 7.79. The van der Waals surface area contributed by atoms with Crippen LogP contribution in [0.3, 0.4) is 0 Å². The predicted octanol–water partition coefficient (Wildman–Crippen LogP) is 16.8. The molecule has 0 aliphatic heterocycles. The van der Waals surface area contributed by atoms with Gasteiger partial charge in [0.25, 0.3) is 0 Å². The summed E-state index contributed by atoms with van der Waals surface area (Å²) in [5.74, 6) is 0.414. The van der Waals surface area contributed by atoms with Crippen molar-refractivity contribution in [3.8, 4) is 44.5 Å². The lowest BCUT2D eigenvalue weighted by Gasteiger charge is -2.24. The number of benzene rings is 8. The first-order valence-corrected chi connectivity index (χ1v) is 21.4. The Balaban J connectivity index is 1.23. The third kappa shape index (κ3) is 5.71. The molecule has 0 nitrogen and oxygen atoms in total. The zero-order chi connectivity index (χ0) is 39.5. The number of rotatable bonds is 8. The van der Waals surface area contributed by atoms with Crippen LogP contribution in [0.4, 0.5) is 0 Å². The maximum atomic E-state index is 3.90. The quantitative estimate of drug-likeness (QED) is 0.107. The maximum absolute atomic E-state index is 3.90. The van der Waals surface area contributed by atoms with Crippen LogP contribution in [0.5, 0.6) is 0 Å². The van der Waals surface area contributed by atoms with Crippen LogP contribution < -0.4 is 0 Å². The van der Waals surface area contributed by atoms with Gasteiger partial charge in [-0.3, -0.25) is 0 Å². The Hall–Kier alpha value is -6.28. The molecule has 1 atom stereocenters. The van der Waals surface area contributed by atoms with Crippen LogP contribution in [0.1, 0.15) is 50.8 Å². The molecule has 0 radical (unpaired) electrons. The molecule has 0 unspecified atom stereocenters. The summed E-state index contributed by atoms with van der Waals surface area (Å²) in [4.78, 5) is 0. The van der Waals surface area contributed by atoms with E-state index in [1.807, 2.05) is 23.5 Å². The van der Waals surface area contributed by atoms with E-state index in [0.717, 1.165) is 6.42 Å². The zero-order valence-corrected chi connectivity index (χ0v) is 34.5. The number of fused-ring (bicyclic) bond motifs is 8. The highest BCUT2D eigenvalue weighted by atomic mass is 32.1. The second-order valence-corrected chi connectivity index (χ2v) is 17.5. The molecule has 0 amide bonds. The van der Waals surface area contributed by atoms with Crippen LogP contribution in [0.15, 0.2) is 183 Å². The van der Waals surface area contributed by atoms with Crippen LogP contribution >= 0.6 is 11.3 Å². The highest BCUT2D eigenvalue weighted by molar-refractivity contribution is 7.26. The van der Waals surface area contributed by atoms with E-state index in [1.54, 1.807) is 0 Å². The summed E-state index contributed by atoms with van der Waals surface area (Å²) < 4.78 is 2.68. The highest BCUT2D eigenvalue weighted by Gasteiger charge is 2.36. The van der Waals surface area contributed by atoms with E-state index < -0.39 is 0 Å². The normalized spacial score (nSPS) is 14.1. The average Bonchev–Trinajstić information content (AvgIpc) is 3.75. The lowest BCUT2D eigenvalue weighted by molar-refractivity contribution is 0.661. The Kier molecular flexibility index (Phi) is 8.88. The molecule has 1 aliphatic rings. The van der Waals surface area contributed by atoms with Crippen LogP contribution in [0.25, 0.3) is 91.8 Å². The largest absolute Gasteiger partial charge is 0.135 e. The predicted molar refractivity (Wildman–Crippen MR) is 255 cm³/mol. The smallest absolute Gasteiger partial charge is 0.0433 e. The number of hydrogen-bond acceptors (Lipinski definition) is 1. The molecule has 1 heterocycles. The molecular formula is C57H46S. The first-order chi connectivity index (χ1) is 28.4. The van der Waals surface area contributed by atoms with Crippen molar-refractivity contribution >= 4 is 58.6 Å². The van der Waals surface area contributed by atoms with Crippen molar-refractivity contribution in [2.24, 2.45) is 5.92 Å². The minimum absolute atomic E-state index is 0.121. The van der Waals surface area contributed by atoms with Gasteiger partial charge in [-0.05, 0) is 125 Å². The second-order valence-electron chi connectivity index (χ2n) is 16.4. The summed E-state index contributed by atoms with van der Waals surface area (Å²) in [7, 11) is 0. The van der Waals surface area contributed by atoms with Crippen LogP contribution in [-0.4, -0.2) is 0 Å². The molecule has 0 saturated heterocycles. The minimum atomic E-state index is -0.121. The molecular weight excluding hydrogens is 717 g/mol. The van der Waals surface area contributed by atoms with Gasteiger partial charge in [0.05, 0.1) is 0 Å². The van der Waals surface area contributed by atoms with Crippen LogP contribution in [0, 0.1) is 5.92 Å². The Labute approximate surface area is 346 Å². The van der Waals surface area contributed by atoms with E-state index in [0.29, 0.717) is 5.92 Å². The van der Waals surface area contributed by atoms with E-state index in [9.17, 15) is 0 Å². The zero-order valence-electron chi connectivity index (χ0n) is 33.6. The first-order valence-electron chi connectivity index (χ1n) is 20.6.